The second-order valence-electron chi connectivity index (χ2n) is 6.87. The SMILES string of the molecule is NC1=N[C@@](c2cc(CC(=O)C3=C(N)CC(=O)C=N3)ccc2F)(C(F)F)CCC1. The highest BCUT2D eigenvalue weighted by Crippen LogP contribution is 2.41. The minimum atomic E-state index is -2.96. The molecule has 0 spiro atoms. The first kappa shape index (κ1) is 19.8. The van der Waals surface area contributed by atoms with Gasteiger partial charge in [-0.05, 0) is 30.5 Å². The standard InChI is InChI=1S/C19H19F3N4O2/c20-13-4-3-10(7-15(28)17-14(23)8-11(27)9-25-17)6-12(13)19(18(21)22)5-1-2-16(24)26-19/h3-4,6,9,18H,1-2,5,7-8,23H2,(H2,24,26)/t19-/m0/s1. The Morgan fingerprint density at radius 2 is 2.04 bits per heavy atom. The van der Waals surface area contributed by atoms with E-state index < -0.39 is 23.6 Å². The van der Waals surface area contributed by atoms with Crippen LogP contribution in [0.5, 0.6) is 0 Å². The summed E-state index contributed by atoms with van der Waals surface area (Å²) >= 11 is 0. The number of rotatable bonds is 5. The molecular formula is C19H19F3N4O2. The van der Waals surface area contributed by atoms with Crippen LogP contribution in [0, 0.1) is 5.82 Å². The average Bonchev–Trinajstić information content (AvgIpc) is 2.62. The summed E-state index contributed by atoms with van der Waals surface area (Å²) in [4.78, 5) is 31.4. The Balaban J connectivity index is 1.95. The van der Waals surface area contributed by atoms with E-state index in [2.05, 4.69) is 9.98 Å². The minimum absolute atomic E-state index is 0.0472. The van der Waals surface area contributed by atoms with E-state index in [-0.39, 0.29) is 47.8 Å². The van der Waals surface area contributed by atoms with Gasteiger partial charge in [0, 0.05) is 24.1 Å². The lowest BCUT2D eigenvalue weighted by Crippen LogP contribution is -2.39. The van der Waals surface area contributed by atoms with E-state index >= 15 is 0 Å². The van der Waals surface area contributed by atoms with Crippen LogP contribution in [0.4, 0.5) is 13.2 Å². The third-order valence-corrected chi connectivity index (χ3v) is 4.83. The summed E-state index contributed by atoms with van der Waals surface area (Å²) in [6.45, 7) is 0. The topological polar surface area (TPSA) is 111 Å². The van der Waals surface area contributed by atoms with Crippen LogP contribution in [-0.4, -0.2) is 30.0 Å². The number of hydrogen-bond donors (Lipinski definition) is 2. The van der Waals surface area contributed by atoms with Crippen molar-refractivity contribution in [1.29, 1.82) is 0 Å². The third kappa shape index (κ3) is 3.69. The van der Waals surface area contributed by atoms with E-state index in [0.717, 1.165) is 12.3 Å². The van der Waals surface area contributed by atoms with Crippen molar-refractivity contribution in [3.05, 3.63) is 46.5 Å². The fraction of sp³-hybridized carbons (Fsp3) is 0.368. The van der Waals surface area contributed by atoms with Gasteiger partial charge in [0.25, 0.3) is 6.43 Å². The Labute approximate surface area is 159 Å². The number of hydrogen-bond acceptors (Lipinski definition) is 6. The maximum atomic E-state index is 14.5. The van der Waals surface area contributed by atoms with Gasteiger partial charge in [-0.15, -0.1) is 0 Å². The quantitative estimate of drug-likeness (QED) is 0.800. The second-order valence-corrected chi connectivity index (χ2v) is 6.87. The van der Waals surface area contributed by atoms with Gasteiger partial charge in [0.05, 0.1) is 18.5 Å². The van der Waals surface area contributed by atoms with E-state index in [9.17, 15) is 22.8 Å². The Morgan fingerprint density at radius 1 is 1.29 bits per heavy atom. The predicted octanol–water partition coefficient (Wildman–Crippen LogP) is 2.15. The molecule has 148 valence electrons. The molecule has 6 nitrogen and oxygen atoms in total. The number of amidine groups is 1. The van der Waals surface area contributed by atoms with Gasteiger partial charge >= 0.3 is 0 Å². The van der Waals surface area contributed by atoms with E-state index in [1.54, 1.807) is 0 Å². The lowest BCUT2D eigenvalue weighted by Gasteiger charge is -2.33. The molecule has 4 N–H and O–H groups in total. The second kappa shape index (κ2) is 7.57. The molecule has 2 aliphatic heterocycles. The van der Waals surface area contributed by atoms with Gasteiger partial charge in [0.1, 0.15) is 11.5 Å². The lowest BCUT2D eigenvalue weighted by molar-refractivity contribution is -0.115. The number of carbonyl (C=O) groups excluding carboxylic acids is 2. The van der Waals surface area contributed by atoms with Gasteiger partial charge in [-0.3, -0.25) is 14.6 Å². The number of nitrogens with two attached hydrogens (primary N) is 2. The van der Waals surface area contributed by atoms with Crippen LogP contribution in [0.15, 0.2) is 39.6 Å². The highest BCUT2D eigenvalue weighted by atomic mass is 19.3. The molecule has 0 saturated carbocycles. The van der Waals surface area contributed by atoms with Gasteiger partial charge in [0.15, 0.2) is 17.1 Å². The number of carbonyl (C=O) groups is 2. The van der Waals surface area contributed by atoms with Gasteiger partial charge in [-0.2, -0.15) is 0 Å². The first-order valence-corrected chi connectivity index (χ1v) is 8.73. The predicted molar refractivity (Wildman–Crippen MR) is 97.6 cm³/mol. The van der Waals surface area contributed by atoms with Crippen molar-refractivity contribution in [2.75, 3.05) is 0 Å². The molecule has 0 fully saturated rings. The number of benzene rings is 1. The van der Waals surface area contributed by atoms with Gasteiger partial charge < -0.3 is 11.5 Å². The summed E-state index contributed by atoms with van der Waals surface area (Å²) in [5.74, 6) is -1.59. The number of ketones is 2. The first-order valence-electron chi connectivity index (χ1n) is 8.73. The summed E-state index contributed by atoms with van der Waals surface area (Å²) in [5.41, 5.74) is 9.31. The van der Waals surface area contributed by atoms with Gasteiger partial charge in [-0.1, -0.05) is 6.07 Å². The summed E-state index contributed by atoms with van der Waals surface area (Å²) < 4.78 is 42.3. The molecule has 0 aliphatic carbocycles. The molecule has 1 aromatic carbocycles. The highest BCUT2D eigenvalue weighted by molar-refractivity contribution is 6.30. The number of Topliss-reactive ketones (excluding diaryl/α,β-unsaturated/α-hetero) is 2. The first-order chi connectivity index (χ1) is 13.2. The van der Waals surface area contributed by atoms with Crippen LogP contribution >= 0.6 is 0 Å². The van der Waals surface area contributed by atoms with Gasteiger partial charge in [0.2, 0.25) is 0 Å². The summed E-state index contributed by atoms with van der Waals surface area (Å²) in [5, 5.41) is 0. The van der Waals surface area contributed by atoms with Gasteiger partial charge in [-0.25, -0.2) is 18.2 Å². The Kier molecular flexibility index (Phi) is 5.35. The average molecular weight is 392 g/mol. The molecule has 0 bridgehead atoms. The van der Waals surface area contributed by atoms with E-state index in [1.807, 2.05) is 0 Å². The number of aliphatic imine (C=N–C) groups is 2. The summed E-state index contributed by atoms with van der Waals surface area (Å²) in [6.07, 6.45) is -1.60. The molecule has 1 aromatic rings. The largest absolute Gasteiger partial charge is 0.400 e. The maximum Gasteiger partial charge on any atom is 0.267 e. The zero-order chi connectivity index (χ0) is 20.5. The highest BCUT2D eigenvalue weighted by Gasteiger charge is 2.45. The molecule has 3 rings (SSSR count). The molecule has 1 atom stereocenters. The molecule has 0 radical (unpaired) electrons. The molecule has 0 saturated heterocycles. The zero-order valence-corrected chi connectivity index (χ0v) is 14.9. The van der Waals surface area contributed by atoms with E-state index in [4.69, 9.17) is 11.5 Å². The van der Waals surface area contributed by atoms with Crippen molar-refractivity contribution < 1.29 is 22.8 Å². The van der Waals surface area contributed by atoms with Crippen LogP contribution in [0.1, 0.15) is 36.8 Å². The maximum absolute atomic E-state index is 14.5. The molecule has 9 heteroatoms. The molecule has 2 heterocycles. The number of alkyl halides is 2. The molecule has 0 amide bonds. The Bertz CT molecular complexity index is 924. The van der Waals surface area contributed by atoms with E-state index in [1.165, 1.54) is 12.1 Å². The molecule has 0 unspecified atom stereocenters. The minimum Gasteiger partial charge on any atom is -0.400 e. The molecule has 2 aliphatic rings. The summed E-state index contributed by atoms with van der Waals surface area (Å²) in [7, 11) is 0. The number of nitrogens with zero attached hydrogens (tertiary/aromatic N) is 2. The third-order valence-electron chi connectivity index (χ3n) is 4.83. The zero-order valence-electron chi connectivity index (χ0n) is 14.9. The van der Waals surface area contributed by atoms with Crippen molar-refractivity contribution in [2.24, 2.45) is 21.5 Å². The molecule has 28 heavy (non-hydrogen) atoms. The van der Waals surface area contributed by atoms with Crippen LogP contribution in [0.2, 0.25) is 0 Å². The van der Waals surface area contributed by atoms with Crippen molar-refractivity contribution in [3.8, 4) is 0 Å². The van der Waals surface area contributed by atoms with Crippen LogP contribution in [0.3, 0.4) is 0 Å². The Hall–Kier alpha value is -2.97. The van der Waals surface area contributed by atoms with E-state index in [0.29, 0.717) is 18.4 Å². The van der Waals surface area contributed by atoms with Crippen molar-refractivity contribution in [3.63, 3.8) is 0 Å². The molecular weight excluding hydrogens is 373 g/mol. The van der Waals surface area contributed by atoms with Crippen molar-refractivity contribution in [2.45, 2.75) is 44.1 Å². The number of allylic oxidation sites excluding steroid dienone is 2. The molecule has 0 aromatic heterocycles. The number of halogens is 3. The smallest absolute Gasteiger partial charge is 0.267 e. The summed E-state index contributed by atoms with van der Waals surface area (Å²) in [6, 6.07) is 3.59. The Morgan fingerprint density at radius 3 is 2.68 bits per heavy atom. The normalized spacial score (nSPS) is 22.6. The monoisotopic (exact) mass is 392 g/mol. The fourth-order valence-electron chi connectivity index (χ4n) is 3.45. The van der Waals surface area contributed by atoms with Crippen molar-refractivity contribution in [1.82, 2.24) is 0 Å². The fourth-order valence-corrected chi connectivity index (χ4v) is 3.45. The van der Waals surface area contributed by atoms with Crippen LogP contribution in [-0.2, 0) is 21.5 Å². The van der Waals surface area contributed by atoms with Crippen LogP contribution in [0.25, 0.3) is 0 Å². The van der Waals surface area contributed by atoms with Crippen molar-refractivity contribution >= 4 is 23.6 Å². The lowest BCUT2D eigenvalue weighted by atomic mass is 9.82. The van der Waals surface area contributed by atoms with Crippen LogP contribution < -0.4 is 11.5 Å².